The van der Waals surface area contributed by atoms with Gasteiger partial charge >= 0.3 is 0 Å². The van der Waals surface area contributed by atoms with Gasteiger partial charge in [0.1, 0.15) is 11.5 Å². The van der Waals surface area contributed by atoms with Crippen LogP contribution in [0.1, 0.15) is 36.2 Å². The number of anilines is 1. The molecule has 0 aliphatic heterocycles. The Kier molecular flexibility index (Phi) is 3.99. The highest BCUT2D eigenvalue weighted by atomic mass is 16.1. The van der Waals surface area contributed by atoms with Crippen molar-refractivity contribution in [3.8, 4) is 0 Å². The number of nitrogens with one attached hydrogen (secondary N) is 1. The number of aromatic nitrogens is 2. The fourth-order valence-corrected chi connectivity index (χ4v) is 2.61. The summed E-state index contributed by atoms with van der Waals surface area (Å²) in [5.74, 6) is 0.123. The van der Waals surface area contributed by atoms with Gasteiger partial charge in [-0.25, -0.2) is 9.97 Å². The molecule has 0 radical (unpaired) electrons. The molecule has 3 N–H and O–H groups in total. The van der Waals surface area contributed by atoms with Gasteiger partial charge in [0.05, 0.1) is 12.4 Å². The minimum absolute atomic E-state index is 0.0803. The summed E-state index contributed by atoms with van der Waals surface area (Å²) in [6.07, 6.45) is 7.47. The van der Waals surface area contributed by atoms with Crippen LogP contribution < -0.4 is 11.1 Å². The lowest BCUT2D eigenvalue weighted by molar-refractivity contribution is 0.0895. The molecule has 1 aliphatic carbocycles. The molecule has 0 spiro atoms. The first-order valence-corrected chi connectivity index (χ1v) is 6.57. The molecule has 1 heterocycles. The van der Waals surface area contributed by atoms with Gasteiger partial charge in [0, 0.05) is 12.1 Å². The van der Waals surface area contributed by atoms with Crippen molar-refractivity contribution in [1.29, 1.82) is 0 Å². The van der Waals surface area contributed by atoms with E-state index < -0.39 is 0 Å². The summed E-state index contributed by atoms with van der Waals surface area (Å²) in [6, 6.07) is 0. The molecule has 0 saturated heterocycles. The molecule has 1 saturated carbocycles. The Morgan fingerprint density at radius 3 is 2.58 bits per heavy atom. The zero-order valence-electron chi connectivity index (χ0n) is 11.5. The largest absolute Gasteiger partial charge is 0.382 e. The van der Waals surface area contributed by atoms with Crippen LogP contribution in [0.3, 0.4) is 0 Å². The van der Waals surface area contributed by atoms with E-state index in [-0.39, 0.29) is 11.4 Å². The molecule has 1 fully saturated rings. The summed E-state index contributed by atoms with van der Waals surface area (Å²) in [5, 5.41) is 2.96. The third-order valence-corrected chi connectivity index (χ3v) is 3.97. The number of amides is 1. The molecule has 0 bridgehead atoms. The molecule has 2 rings (SSSR count). The van der Waals surface area contributed by atoms with Crippen LogP contribution in [0.2, 0.25) is 0 Å². The molecular weight excluding hydrogens is 242 g/mol. The number of rotatable bonds is 4. The number of likely N-dealkylation sites (N-methyl/N-ethyl adjacent to an activating group) is 1. The van der Waals surface area contributed by atoms with Gasteiger partial charge in [-0.2, -0.15) is 0 Å². The number of carbonyl (C=O) groups is 1. The zero-order valence-corrected chi connectivity index (χ0v) is 11.5. The molecular formula is C13H21N5O. The smallest absolute Gasteiger partial charge is 0.271 e. The van der Waals surface area contributed by atoms with Crippen molar-refractivity contribution in [1.82, 2.24) is 20.2 Å². The monoisotopic (exact) mass is 263 g/mol. The maximum atomic E-state index is 12.0. The fourth-order valence-electron chi connectivity index (χ4n) is 2.61. The second-order valence-corrected chi connectivity index (χ2v) is 5.34. The van der Waals surface area contributed by atoms with E-state index in [1.54, 1.807) is 0 Å². The predicted octanol–water partition coefficient (Wildman–Crippen LogP) is 0.663. The van der Waals surface area contributed by atoms with Crippen molar-refractivity contribution in [3.63, 3.8) is 0 Å². The number of hydrogen-bond donors (Lipinski definition) is 2. The molecule has 1 aromatic rings. The molecule has 0 aromatic carbocycles. The van der Waals surface area contributed by atoms with Gasteiger partial charge in [0.15, 0.2) is 0 Å². The van der Waals surface area contributed by atoms with Crippen molar-refractivity contribution in [2.45, 2.75) is 31.2 Å². The van der Waals surface area contributed by atoms with E-state index >= 15 is 0 Å². The van der Waals surface area contributed by atoms with Crippen molar-refractivity contribution < 1.29 is 4.79 Å². The van der Waals surface area contributed by atoms with Crippen LogP contribution in [-0.4, -0.2) is 47.0 Å². The van der Waals surface area contributed by atoms with Crippen molar-refractivity contribution >= 4 is 11.7 Å². The molecule has 1 amide bonds. The van der Waals surface area contributed by atoms with E-state index in [0.717, 1.165) is 12.8 Å². The second kappa shape index (κ2) is 5.52. The standard InChI is InChI=1S/C13H21N5O/c1-18(2)13(5-3-4-6-13)9-17-12(19)10-7-16-11(14)8-15-10/h7-8H,3-6,9H2,1-2H3,(H2,14,16)(H,17,19). The molecule has 104 valence electrons. The molecule has 0 atom stereocenters. The van der Waals surface area contributed by atoms with Crippen molar-refractivity contribution in [2.24, 2.45) is 0 Å². The first-order chi connectivity index (χ1) is 9.03. The van der Waals surface area contributed by atoms with E-state index in [4.69, 9.17) is 5.73 Å². The summed E-state index contributed by atoms with van der Waals surface area (Å²) in [4.78, 5) is 22.1. The molecule has 1 aliphatic rings. The number of nitrogen functional groups attached to an aromatic ring is 1. The lowest BCUT2D eigenvalue weighted by atomic mass is 9.96. The SMILES string of the molecule is CN(C)C1(CNC(=O)c2cnc(N)cn2)CCCC1. The summed E-state index contributed by atoms with van der Waals surface area (Å²) < 4.78 is 0. The summed E-state index contributed by atoms with van der Waals surface area (Å²) in [7, 11) is 4.14. The second-order valence-electron chi connectivity index (χ2n) is 5.34. The Bertz CT molecular complexity index is 437. The minimum Gasteiger partial charge on any atom is -0.382 e. The normalized spacial score (nSPS) is 17.6. The molecule has 6 nitrogen and oxygen atoms in total. The predicted molar refractivity (Wildman–Crippen MR) is 73.7 cm³/mol. The molecule has 1 aromatic heterocycles. The average Bonchev–Trinajstić information content (AvgIpc) is 2.87. The quantitative estimate of drug-likeness (QED) is 0.834. The third-order valence-electron chi connectivity index (χ3n) is 3.97. The van der Waals surface area contributed by atoms with E-state index in [9.17, 15) is 4.79 Å². The van der Waals surface area contributed by atoms with Gasteiger partial charge in [-0.1, -0.05) is 12.8 Å². The average molecular weight is 263 g/mol. The Morgan fingerprint density at radius 2 is 2.05 bits per heavy atom. The summed E-state index contributed by atoms with van der Waals surface area (Å²) >= 11 is 0. The number of carbonyl (C=O) groups excluding carboxylic acids is 1. The Labute approximate surface area is 113 Å². The Hall–Kier alpha value is -1.69. The summed E-state index contributed by atoms with van der Waals surface area (Å²) in [5.41, 5.74) is 5.84. The topological polar surface area (TPSA) is 84.1 Å². The van der Waals surface area contributed by atoms with E-state index in [2.05, 4.69) is 34.3 Å². The first-order valence-electron chi connectivity index (χ1n) is 6.57. The maximum Gasteiger partial charge on any atom is 0.271 e. The van der Waals surface area contributed by atoms with Gasteiger partial charge in [-0.05, 0) is 26.9 Å². The Balaban J connectivity index is 1.97. The van der Waals surface area contributed by atoms with Crippen LogP contribution in [0.5, 0.6) is 0 Å². The van der Waals surface area contributed by atoms with Crippen LogP contribution >= 0.6 is 0 Å². The Morgan fingerprint density at radius 1 is 1.37 bits per heavy atom. The van der Waals surface area contributed by atoms with Crippen LogP contribution in [0.25, 0.3) is 0 Å². The van der Waals surface area contributed by atoms with E-state index in [1.165, 1.54) is 25.2 Å². The van der Waals surface area contributed by atoms with Crippen molar-refractivity contribution in [2.75, 3.05) is 26.4 Å². The third kappa shape index (κ3) is 3.01. The van der Waals surface area contributed by atoms with Crippen LogP contribution in [-0.2, 0) is 0 Å². The highest BCUT2D eigenvalue weighted by molar-refractivity contribution is 5.92. The van der Waals surface area contributed by atoms with E-state index in [1.807, 2.05) is 0 Å². The zero-order chi connectivity index (χ0) is 13.9. The van der Waals surface area contributed by atoms with Gasteiger partial charge in [-0.15, -0.1) is 0 Å². The number of nitrogens with two attached hydrogens (primary N) is 1. The molecule has 6 heteroatoms. The van der Waals surface area contributed by atoms with Gasteiger partial charge in [0.2, 0.25) is 0 Å². The fraction of sp³-hybridized carbons (Fsp3) is 0.615. The lowest BCUT2D eigenvalue weighted by Crippen LogP contribution is -2.50. The van der Waals surface area contributed by atoms with Gasteiger partial charge in [-0.3, -0.25) is 4.79 Å². The van der Waals surface area contributed by atoms with Gasteiger partial charge < -0.3 is 16.0 Å². The van der Waals surface area contributed by atoms with Gasteiger partial charge in [0.25, 0.3) is 5.91 Å². The summed E-state index contributed by atoms with van der Waals surface area (Å²) in [6.45, 7) is 0.644. The molecule has 19 heavy (non-hydrogen) atoms. The maximum absolute atomic E-state index is 12.0. The van der Waals surface area contributed by atoms with Crippen LogP contribution in [0.4, 0.5) is 5.82 Å². The van der Waals surface area contributed by atoms with E-state index in [0.29, 0.717) is 18.1 Å². The molecule has 0 unspecified atom stereocenters. The highest BCUT2D eigenvalue weighted by Gasteiger charge is 2.36. The lowest BCUT2D eigenvalue weighted by Gasteiger charge is -2.36. The number of nitrogens with zero attached hydrogens (tertiary/aromatic N) is 3. The minimum atomic E-state index is -0.194. The van der Waals surface area contributed by atoms with Crippen LogP contribution in [0.15, 0.2) is 12.4 Å². The van der Waals surface area contributed by atoms with Crippen molar-refractivity contribution in [3.05, 3.63) is 18.1 Å². The highest BCUT2D eigenvalue weighted by Crippen LogP contribution is 2.33. The first kappa shape index (κ1) is 13.7. The number of hydrogen-bond acceptors (Lipinski definition) is 5. The van der Waals surface area contributed by atoms with Crippen LogP contribution in [0, 0.1) is 0 Å².